The molecule has 166 valence electrons. The van der Waals surface area contributed by atoms with E-state index < -0.39 is 11.4 Å². The summed E-state index contributed by atoms with van der Waals surface area (Å²) in [7, 11) is 1.55. The molecule has 2 aromatic heterocycles. The Hall–Kier alpha value is -4.08. The molecule has 5 N–H and O–H groups in total. The fourth-order valence-corrected chi connectivity index (χ4v) is 3.30. The van der Waals surface area contributed by atoms with Crippen molar-refractivity contribution in [2.24, 2.45) is 15.9 Å². The summed E-state index contributed by atoms with van der Waals surface area (Å²) in [5.41, 5.74) is 7.94. The van der Waals surface area contributed by atoms with Crippen LogP contribution in [0.15, 0.2) is 46.5 Å². The van der Waals surface area contributed by atoms with Crippen molar-refractivity contribution < 1.29 is 14.6 Å². The number of pyridine rings is 1. The Balaban J connectivity index is 1.88. The van der Waals surface area contributed by atoms with Crippen molar-refractivity contribution in [3.8, 4) is 5.75 Å². The number of aromatic nitrogens is 3. The molecule has 0 aliphatic rings. The Morgan fingerprint density at radius 3 is 2.62 bits per heavy atom. The zero-order valence-corrected chi connectivity index (χ0v) is 18.1. The SMILES string of the molecule is COc1cccc2c(C(C=NCc3cccc(C(C)(C)CC(=O)O)n3)=NN)nc(N)nc12. The molecule has 0 fully saturated rings. The molecule has 0 bridgehead atoms. The van der Waals surface area contributed by atoms with Gasteiger partial charge in [-0.25, -0.2) is 9.97 Å². The first kappa shape index (κ1) is 22.6. The summed E-state index contributed by atoms with van der Waals surface area (Å²) in [6.07, 6.45) is 1.47. The van der Waals surface area contributed by atoms with Gasteiger partial charge in [0.15, 0.2) is 0 Å². The van der Waals surface area contributed by atoms with E-state index in [0.29, 0.717) is 39.4 Å². The van der Waals surface area contributed by atoms with Crippen LogP contribution >= 0.6 is 0 Å². The molecule has 0 saturated carbocycles. The van der Waals surface area contributed by atoms with E-state index in [-0.39, 0.29) is 18.9 Å². The van der Waals surface area contributed by atoms with Crippen LogP contribution in [-0.2, 0) is 16.8 Å². The highest BCUT2D eigenvalue weighted by atomic mass is 16.5. The van der Waals surface area contributed by atoms with Gasteiger partial charge < -0.3 is 21.4 Å². The lowest BCUT2D eigenvalue weighted by Gasteiger charge is -2.22. The monoisotopic (exact) mass is 435 g/mol. The molecule has 0 saturated heterocycles. The number of benzene rings is 1. The highest BCUT2D eigenvalue weighted by Crippen LogP contribution is 2.27. The molecule has 10 heteroatoms. The van der Waals surface area contributed by atoms with Crippen molar-refractivity contribution in [2.45, 2.75) is 32.2 Å². The highest BCUT2D eigenvalue weighted by Gasteiger charge is 2.25. The largest absolute Gasteiger partial charge is 0.494 e. The second kappa shape index (κ2) is 9.38. The minimum atomic E-state index is -0.878. The molecule has 3 rings (SSSR count). The quantitative estimate of drug-likeness (QED) is 0.276. The maximum Gasteiger partial charge on any atom is 0.304 e. The van der Waals surface area contributed by atoms with Crippen molar-refractivity contribution in [1.29, 1.82) is 0 Å². The first-order chi connectivity index (χ1) is 15.2. The number of carbonyl (C=O) groups is 1. The second-order valence-corrected chi connectivity index (χ2v) is 7.74. The molecule has 32 heavy (non-hydrogen) atoms. The third-order valence-electron chi connectivity index (χ3n) is 4.87. The third kappa shape index (κ3) is 4.97. The van der Waals surface area contributed by atoms with Crippen LogP contribution in [0.3, 0.4) is 0 Å². The average Bonchev–Trinajstić information content (AvgIpc) is 2.75. The molecule has 0 amide bonds. The number of hydrogen-bond acceptors (Lipinski definition) is 9. The summed E-state index contributed by atoms with van der Waals surface area (Å²) in [6, 6.07) is 10.9. The number of rotatable bonds is 8. The lowest BCUT2D eigenvalue weighted by atomic mass is 9.85. The van der Waals surface area contributed by atoms with Gasteiger partial charge in [-0.2, -0.15) is 5.10 Å². The predicted molar refractivity (Wildman–Crippen MR) is 123 cm³/mol. The zero-order valence-electron chi connectivity index (χ0n) is 18.1. The highest BCUT2D eigenvalue weighted by molar-refractivity contribution is 6.40. The van der Waals surface area contributed by atoms with E-state index in [0.717, 1.165) is 0 Å². The van der Waals surface area contributed by atoms with E-state index in [9.17, 15) is 4.79 Å². The Labute approximate surface area is 185 Å². The molecule has 0 aliphatic carbocycles. The summed E-state index contributed by atoms with van der Waals surface area (Å²) in [5, 5.41) is 13.6. The lowest BCUT2D eigenvalue weighted by molar-refractivity contribution is -0.138. The van der Waals surface area contributed by atoms with Gasteiger partial charge in [-0.05, 0) is 18.2 Å². The molecule has 2 heterocycles. The Morgan fingerprint density at radius 2 is 1.94 bits per heavy atom. The number of fused-ring (bicyclic) bond motifs is 1. The number of ether oxygens (including phenoxy) is 1. The minimum Gasteiger partial charge on any atom is -0.494 e. The van der Waals surface area contributed by atoms with Gasteiger partial charge in [0, 0.05) is 16.5 Å². The van der Waals surface area contributed by atoms with Crippen LogP contribution in [0.2, 0.25) is 0 Å². The summed E-state index contributed by atoms with van der Waals surface area (Å²) in [4.78, 5) is 28.7. The van der Waals surface area contributed by atoms with E-state index in [1.165, 1.54) is 6.21 Å². The zero-order chi connectivity index (χ0) is 23.3. The number of methoxy groups -OCH3 is 1. The number of anilines is 1. The number of para-hydroxylation sites is 1. The predicted octanol–water partition coefficient (Wildman–Crippen LogP) is 2.30. The molecule has 0 spiro atoms. The van der Waals surface area contributed by atoms with Crippen molar-refractivity contribution in [2.75, 3.05) is 12.8 Å². The number of nitrogens with zero attached hydrogens (tertiary/aromatic N) is 5. The number of carboxylic acid groups (broad SMARTS) is 1. The number of nitrogen functional groups attached to an aromatic ring is 1. The Kier molecular flexibility index (Phi) is 6.62. The maximum atomic E-state index is 11.1. The topological polar surface area (TPSA) is 162 Å². The van der Waals surface area contributed by atoms with E-state index >= 15 is 0 Å². The lowest BCUT2D eigenvalue weighted by Crippen LogP contribution is -2.23. The molecular weight excluding hydrogens is 410 g/mol. The molecule has 3 aromatic rings. The van der Waals surface area contributed by atoms with Gasteiger partial charge in [0.2, 0.25) is 5.95 Å². The standard InChI is InChI=1S/C22H25N7O3/c1-22(2,10-18(30)31)17-9-4-6-13(26-17)11-25-12-15(29-24)19-14-7-5-8-16(32-3)20(14)28-21(23)27-19/h4-9,12H,10-11,24H2,1-3H3,(H,30,31)(H2,23,27,28). The smallest absolute Gasteiger partial charge is 0.304 e. The molecule has 1 aromatic carbocycles. The fourth-order valence-electron chi connectivity index (χ4n) is 3.30. The van der Waals surface area contributed by atoms with Crippen molar-refractivity contribution in [3.63, 3.8) is 0 Å². The number of hydrogen-bond donors (Lipinski definition) is 3. The number of hydrazone groups is 1. The summed E-state index contributed by atoms with van der Waals surface area (Å²) >= 11 is 0. The molecule has 0 radical (unpaired) electrons. The first-order valence-electron chi connectivity index (χ1n) is 9.81. The van der Waals surface area contributed by atoms with E-state index in [4.69, 9.17) is 21.4 Å². The van der Waals surface area contributed by atoms with Crippen LogP contribution in [-0.4, -0.2) is 45.1 Å². The summed E-state index contributed by atoms with van der Waals surface area (Å²) in [6.45, 7) is 3.93. The number of carboxylic acids is 1. The van der Waals surface area contributed by atoms with Crippen molar-refractivity contribution >= 4 is 34.7 Å². The van der Waals surface area contributed by atoms with Gasteiger partial charge in [0.25, 0.3) is 0 Å². The number of aliphatic carboxylic acids is 1. The van der Waals surface area contributed by atoms with Gasteiger partial charge in [-0.15, -0.1) is 0 Å². The van der Waals surface area contributed by atoms with Crippen LogP contribution in [0, 0.1) is 0 Å². The van der Waals surface area contributed by atoms with Crippen molar-refractivity contribution in [1.82, 2.24) is 15.0 Å². The van der Waals surface area contributed by atoms with Crippen LogP contribution < -0.4 is 16.3 Å². The second-order valence-electron chi connectivity index (χ2n) is 7.74. The summed E-state index contributed by atoms with van der Waals surface area (Å²) < 4.78 is 5.36. The van der Waals surface area contributed by atoms with E-state index in [1.54, 1.807) is 13.2 Å². The van der Waals surface area contributed by atoms with Gasteiger partial charge >= 0.3 is 5.97 Å². The minimum absolute atomic E-state index is 0.0254. The Bertz CT molecular complexity index is 1210. The fraction of sp³-hybridized carbons (Fsp3) is 0.273. The molecule has 10 nitrogen and oxygen atoms in total. The normalized spacial score (nSPS) is 12.4. The molecular formula is C22H25N7O3. The van der Waals surface area contributed by atoms with Crippen LogP contribution in [0.4, 0.5) is 5.95 Å². The van der Waals surface area contributed by atoms with Crippen LogP contribution in [0.1, 0.15) is 37.4 Å². The van der Waals surface area contributed by atoms with Gasteiger partial charge in [0.1, 0.15) is 22.7 Å². The summed E-state index contributed by atoms with van der Waals surface area (Å²) in [5.74, 6) is 5.35. The van der Waals surface area contributed by atoms with Crippen LogP contribution in [0.25, 0.3) is 10.9 Å². The van der Waals surface area contributed by atoms with Gasteiger partial charge in [0.05, 0.1) is 32.0 Å². The van der Waals surface area contributed by atoms with Gasteiger partial charge in [-0.1, -0.05) is 32.0 Å². The van der Waals surface area contributed by atoms with E-state index in [1.807, 2.05) is 44.2 Å². The molecule has 0 aliphatic heterocycles. The first-order valence-corrected chi connectivity index (χ1v) is 9.81. The van der Waals surface area contributed by atoms with E-state index in [2.05, 4.69) is 25.0 Å². The van der Waals surface area contributed by atoms with Crippen molar-refractivity contribution in [3.05, 3.63) is 53.5 Å². The maximum absolute atomic E-state index is 11.1. The third-order valence-corrected chi connectivity index (χ3v) is 4.87. The molecule has 0 atom stereocenters. The van der Waals surface area contributed by atoms with Gasteiger partial charge in [-0.3, -0.25) is 14.8 Å². The molecule has 0 unspecified atom stereocenters. The number of aliphatic imine (C=N–C) groups is 1. The number of nitrogens with two attached hydrogens (primary N) is 2. The average molecular weight is 435 g/mol. The van der Waals surface area contributed by atoms with Crippen LogP contribution in [0.5, 0.6) is 5.75 Å². The Morgan fingerprint density at radius 1 is 1.19 bits per heavy atom.